The summed E-state index contributed by atoms with van der Waals surface area (Å²) in [5.74, 6) is -1.16. The molecule has 0 atom stereocenters. The highest BCUT2D eigenvalue weighted by Gasteiger charge is 2.24. The Hall–Kier alpha value is -5.65. The first-order chi connectivity index (χ1) is 22.6. The summed E-state index contributed by atoms with van der Waals surface area (Å²) in [7, 11) is -4.09. The molecule has 0 unspecified atom stereocenters. The van der Waals surface area contributed by atoms with Gasteiger partial charge in [-0.3, -0.25) is 14.7 Å². The molecule has 5 aromatic rings. The number of amides is 2. The van der Waals surface area contributed by atoms with Gasteiger partial charge in [0.25, 0.3) is 15.9 Å². The molecule has 2 amide bonds. The third-order valence-corrected chi connectivity index (χ3v) is 9.29. The number of carbonyl (C=O) groups excluding carboxylic acids is 2. The van der Waals surface area contributed by atoms with Crippen LogP contribution in [0.2, 0.25) is 0 Å². The monoisotopic (exact) mass is 678 g/mol. The summed E-state index contributed by atoms with van der Waals surface area (Å²) in [5, 5.41) is 11.9. The molecule has 0 saturated carbocycles. The first-order valence-corrected chi connectivity index (χ1v) is 16.1. The Bertz CT molecular complexity index is 1980. The molecule has 3 N–H and O–H groups in total. The number of para-hydroxylation sites is 1. The number of sulfonamides is 1. The molecule has 5 rings (SSSR count). The fraction of sp³-hybridized carbons (Fsp3) is 0.133. The second kappa shape index (κ2) is 14.6. The number of fused-ring (bicyclic) bond motifs is 1. The van der Waals surface area contributed by atoms with Gasteiger partial charge in [-0.2, -0.15) is 10.0 Å². The van der Waals surface area contributed by atoms with Crippen LogP contribution >= 0.6 is 11.3 Å². The highest BCUT2D eigenvalue weighted by molar-refractivity contribution is 7.91. The van der Waals surface area contributed by atoms with Gasteiger partial charge < -0.3 is 14.7 Å². The third kappa shape index (κ3) is 8.54. The molecular formula is C30H26N6O9S2. The van der Waals surface area contributed by atoms with Crippen molar-refractivity contribution in [3.05, 3.63) is 119 Å². The molecule has 0 radical (unpaired) electrons. The lowest BCUT2D eigenvalue weighted by Gasteiger charge is -2.20. The number of carbonyl (C=O) groups is 3. The molecule has 15 nitrogen and oxygen atoms in total. The molecule has 0 aliphatic carbocycles. The summed E-state index contributed by atoms with van der Waals surface area (Å²) >= 11 is 0.942. The van der Waals surface area contributed by atoms with Crippen LogP contribution in [0.4, 0.5) is 15.4 Å². The molecule has 47 heavy (non-hydrogen) atoms. The Morgan fingerprint density at radius 1 is 0.915 bits per heavy atom. The van der Waals surface area contributed by atoms with Gasteiger partial charge in [0.05, 0.1) is 16.8 Å². The van der Waals surface area contributed by atoms with E-state index < -0.39 is 59.6 Å². The maximum Gasteiger partial charge on any atom is 0.530 e. The van der Waals surface area contributed by atoms with Gasteiger partial charge in [0.1, 0.15) is 12.4 Å². The van der Waals surface area contributed by atoms with E-state index in [-0.39, 0.29) is 10.2 Å². The van der Waals surface area contributed by atoms with Crippen LogP contribution in [-0.4, -0.2) is 64.4 Å². The zero-order valence-electron chi connectivity index (χ0n) is 24.3. The number of nitrogens with one attached hydrogen (secondary N) is 2. The molecule has 0 fully saturated rings. The molecule has 0 aliphatic heterocycles. The van der Waals surface area contributed by atoms with Crippen LogP contribution in [0.3, 0.4) is 0 Å². The minimum Gasteiger partial charge on any atom is -0.448 e. The van der Waals surface area contributed by atoms with E-state index in [2.05, 4.69) is 24.8 Å². The van der Waals surface area contributed by atoms with E-state index in [0.29, 0.717) is 26.4 Å². The van der Waals surface area contributed by atoms with E-state index in [1.807, 2.05) is 12.1 Å². The smallest absolute Gasteiger partial charge is 0.448 e. The number of benzene rings is 3. The van der Waals surface area contributed by atoms with Crippen molar-refractivity contribution in [2.24, 2.45) is 0 Å². The minimum absolute atomic E-state index is 0.161. The Kier molecular flexibility index (Phi) is 10.2. The summed E-state index contributed by atoms with van der Waals surface area (Å²) < 4.78 is 34.6. The van der Waals surface area contributed by atoms with Gasteiger partial charge in [0.15, 0.2) is 6.10 Å². The molecule has 3 aromatic carbocycles. The van der Waals surface area contributed by atoms with Gasteiger partial charge in [-0.15, -0.1) is 11.3 Å². The molecular weight excluding hydrogens is 652 g/mol. The average molecular weight is 679 g/mol. The first kappa shape index (κ1) is 32.7. The van der Waals surface area contributed by atoms with Gasteiger partial charge in [-0.05, 0) is 29.3 Å². The van der Waals surface area contributed by atoms with Crippen molar-refractivity contribution in [2.45, 2.75) is 17.0 Å². The van der Waals surface area contributed by atoms with E-state index in [1.165, 1.54) is 6.07 Å². The van der Waals surface area contributed by atoms with Crippen LogP contribution in [0, 0.1) is 0 Å². The Morgan fingerprint density at radius 2 is 1.55 bits per heavy atom. The van der Waals surface area contributed by atoms with Crippen molar-refractivity contribution >= 4 is 55.6 Å². The first-order valence-electron chi connectivity index (χ1n) is 13.8. The van der Waals surface area contributed by atoms with E-state index in [9.17, 15) is 27.6 Å². The number of rotatable bonds is 11. The van der Waals surface area contributed by atoms with Crippen LogP contribution in [0.5, 0.6) is 0 Å². The molecule has 2 heterocycles. The van der Waals surface area contributed by atoms with Crippen molar-refractivity contribution in [1.29, 1.82) is 0 Å². The number of hydroxylamine groups is 2. The third-order valence-electron chi connectivity index (χ3n) is 6.42. The highest BCUT2D eigenvalue weighted by Crippen LogP contribution is 2.27. The van der Waals surface area contributed by atoms with Gasteiger partial charge in [0.2, 0.25) is 4.34 Å². The largest absolute Gasteiger partial charge is 0.530 e. The number of anilines is 1. The maximum absolute atomic E-state index is 12.9. The number of aromatic nitrogens is 3. The highest BCUT2D eigenvalue weighted by atomic mass is 32.2. The minimum atomic E-state index is -4.09. The summed E-state index contributed by atoms with van der Waals surface area (Å²) in [5.41, 5.74) is 0.970. The van der Waals surface area contributed by atoms with Crippen molar-refractivity contribution in [3.8, 4) is 0 Å². The zero-order chi connectivity index (χ0) is 33.4. The number of hydrogen-bond acceptors (Lipinski definition) is 11. The summed E-state index contributed by atoms with van der Waals surface area (Å²) in [6.45, 7) is -1.66. The number of ether oxygens (including phenoxy) is 1. The van der Waals surface area contributed by atoms with E-state index in [1.54, 1.807) is 72.8 Å². The maximum atomic E-state index is 12.9. The Balaban J connectivity index is 1.20. The van der Waals surface area contributed by atoms with Crippen molar-refractivity contribution in [2.75, 3.05) is 18.4 Å². The fourth-order valence-electron chi connectivity index (χ4n) is 4.29. The van der Waals surface area contributed by atoms with E-state index >= 15 is 0 Å². The van der Waals surface area contributed by atoms with Crippen molar-refractivity contribution < 1.29 is 37.5 Å². The quantitative estimate of drug-likeness (QED) is 0.173. The molecule has 242 valence electrons. The van der Waals surface area contributed by atoms with Gasteiger partial charge >= 0.3 is 17.9 Å². The van der Waals surface area contributed by atoms with Crippen LogP contribution in [0.15, 0.2) is 106 Å². The predicted molar refractivity (Wildman–Crippen MR) is 169 cm³/mol. The molecule has 0 saturated heterocycles. The fourth-order valence-corrected chi connectivity index (χ4v) is 6.58. The summed E-state index contributed by atoms with van der Waals surface area (Å²) in [4.78, 5) is 61.9. The topological polar surface area (TPSA) is 199 Å². The standard InChI is InChI=1S/C30H26N6O9S2/c37-25(36(45-30(40)41)18-16-31-47(42,43)29-32-22-13-7-8-14-23(22)46-29)19-35-17-15-24(33-27(35)38)34-28(39)44-26(20-9-3-1-4-10-20)21-11-5-2-6-12-21/h1-15,17,26,31H,16,18-19H2,(H,40,41)(H,33,34,38,39). The van der Waals surface area contributed by atoms with Gasteiger partial charge in [-0.1, -0.05) is 72.8 Å². The van der Waals surface area contributed by atoms with E-state index in [0.717, 1.165) is 22.1 Å². The number of hydrogen-bond donors (Lipinski definition) is 3. The Labute approximate surface area is 271 Å². The predicted octanol–water partition coefficient (Wildman–Crippen LogP) is 3.61. The van der Waals surface area contributed by atoms with Gasteiger partial charge in [0, 0.05) is 12.7 Å². The van der Waals surface area contributed by atoms with Crippen LogP contribution in [-0.2, 0) is 30.9 Å². The normalized spacial score (nSPS) is 11.3. The number of thiazole rings is 1. The molecule has 2 aromatic heterocycles. The summed E-state index contributed by atoms with van der Waals surface area (Å²) in [6, 6.07) is 26.2. The van der Waals surface area contributed by atoms with Gasteiger partial charge in [-0.25, -0.2) is 32.5 Å². The summed E-state index contributed by atoms with van der Waals surface area (Å²) in [6.07, 6.45) is -2.32. The lowest BCUT2D eigenvalue weighted by Crippen LogP contribution is -2.42. The molecule has 17 heteroatoms. The van der Waals surface area contributed by atoms with Crippen LogP contribution in [0.25, 0.3) is 10.2 Å². The molecule has 0 spiro atoms. The second-order valence-electron chi connectivity index (χ2n) is 9.65. The SMILES string of the molecule is O=C(O)ON(CCNS(=O)(=O)c1nc2ccccc2s1)C(=O)Cn1ccc(NC(=O)OC(c2ccccc2)c2ccccc2)nc1=O. The number of carboxylic acid groups (broad SMARTS) is 1. The molecule has 0 bridgehead atoms. The van der Waals surface area contributed by atoms with Crippen LogP contribution in [0.1, 0.15) is 17.2 Å². The number of nitrogens with zero attached hydrogens (tertiary/aromatic N) is 4. The molecule has 0 aliphatic rings. The van der Waals surface area contributed by atoms with Crippen molar-refractivity contribution in [1.82, 2.24) is 24.3 Å². The van der Waals surface area contributed by atoms with Crippen LogP contribution < -0.4 is 15.7 Å². The second-order valence-corrected chi connectivity index (χ2v) is 12.6. The van der Waals surface area contributed by atoms with Crippen molar-refractivity contribution in [3.63, 3.8) is 0 Å². The Morgan fingerprint density at radius 3 is 2.17 bits per heavy atom. The average Bonchev–Trinajstić information content (AvgIpc) is 3.51. The zero-order valence-corrected chi connectivity index (χ0v) is 25.9. The van der Waals surface area contributed by atoms with E-state index in [4.69, 9.17) is 9.84 Å². The lowest BCUT2D eigenvalue weighted by atomic mass is 10.0. The lowest BCUT2D eigenvalue weighted by molar-refractivity contribution is -0.171.